The number of allylic oxidation sites excluding steroid dienone is 3. The molecule has 5 rings (SSSR count). The Balaban J connectivity index is 1.52. The Morgan fingerprint density at radius 3 is 2.19 bits per heavy atom. The van der Waals surface area contributed by atoms with Crippen LogP contribution in [0.5, 0.6) is 0 Å². The summed E-state index contributed by atoms with van der Waals surface area (Å²) in [6.07, 6.45) is 10.4. The number of carboxylic acid groups (broad SMARTS) is 1. The van der Waals surface area contributed by atoms with Crippen LogP contribution in [0.4, 0.5) is 0 Å². The van der Waals surface area contributed by atoms with Gasteiger partial charge in [0.2, 0.25) is 0 Å². The zero-order chi connectivity index (χ0) is 31.1. The van der Waals surface area contributed by atoms with Gasteiger partial charge in [-0.3, -0.25) is 19.2 Å². The summed E-state index contributed by atoms with van der Waals surface area (Å²) >= 11 is 0. The second kappa shape index (κ2) is 9.79. The van der Waals surface area contributed by atoms with Crippen LogP contribution >= 0.6 is 0 Å². The van der Waals surface area contributed by atoms with Gasteiger partial charge in [-0.25, -0.2) is 0 Å². The van der Waals surface area contributed by atoms with Crippen LogP contribution in [-0.4, -0.2) is 42.0 Å². The van der Waals surface area contributed by atoms with Crippen molar-refractivity contribution < 1.29 is 33.8 Å². The largest absolute Gasteiger partial charge is 0.481 e. The number of rotatable bonds is 5. The highest BCUT2D eigenvalue weighted by molar-refractivity contribution is 5.96. The molecular formula is C35H50O7. The van der Waals surface area contributed by atoms with Crippen molar-refractivity contribution in [1.29, 1.82) is 0 Å². The Bertz CT molecular complexity index is 1280. The number of methoxy groups -OCH3 is 1. The van der Waals surface area contributed by atoms with Crippen molar-refractivity contribution >= 4 is 23.7 Å². The first-order valence-corrected chi connectivity index (χ1v) is 15.9. The molecule has 3 saturated carbocycles. The lowest BCUT2D eigenvalue weighted by Crippen LogP contribution is -2.66. The molecule has 0 aromatic carbocycles. The van der Waals surface area contributed by atoms with Crippen molar-refractivity contribution in [2.24, 2.45) is 44.3 Å². The van der Waals surface area contributed by atoms with Gasteiger partial charge in [-0.15, -0.1) is 0 Å². The SMILES string of the molecule is COC(=O)[C@]1(C)C=C2C3=CC(=O)C4[C@@]5(C)CCC(OC(=O)CCC(=O)O)C(C)(C)C5CC[C@@]4(C)[C@]3(C)CC[C@@]2(C)CC1. The monoisotopic (exact) mass is 582 g/mol. The topological polar surface area (TPSA) is 107 Å². The van der Waals surface area contributed by atoms with Crippen LogP contribution < -0.4 is 0 Å². The maximum absolute atomic E-state index is 14.5. The van der Waals surface area contributed by atoms with E-state index in [2.05, 4.69) is 47.6 Å². The van der Waals surface area contributed by atoms with Gasteiger partial charge in [0.15, 0.2) is 5.78 Å². The molecule has 0 amide bonds. The van der Waals surface area contributed by atoms with Gasteiger partial charge in [0.05, 0.1) is 25.4 Å². The highest BCUT2D eigenvalue weighted by Gasteiger charge is 2.69. The second-order valence-corrected chi connectivity index (χ2v) is 16.0. The average Bonchev–Trinajstić information content (AvgIpc) is 2.90. The Hall–Kier alpha value is -2.44. The number of carboxylic acids is 1. The Morgan fingerprint density at radius 1 is 0.881 bits per heavy atom. The van der Waals surface area contributed by atoms with Crippen LogP contribution in [0.3, 0.4) is 0 Å². The van der Waals surface area contributed by atoms with Gasteiger partial charge in [-0.1, -0.05) is 47.6 Å². The van der Waals surface area contributed by atoms with Crippen LogP contribution in [0.15, 0.2) is 23.3 Å². The van der Waals surface area contributed by atoms with Crippen LogP contribution in [0.1, 0.15) is 113 Å². The Kier molecular flexibility index (Phi) is 7.22. The molecule has 0 spiro atoms. The van der Waals surface area contributed by atoms with E-state index in [0.717, 1.165) is 50.5 Å². The van der Waals surface area contributed by atoms with E-state index in [0.29, 0.717) is 6.42 Å². The Labute approximate surface area is 250 Å². The number of ether oxygens (including phenoxy) is 2. The van der Waals surface area contributed by atoms with Crippen LogP contribution in [-0.2, 0) is 28.7 Å². The predicted molar refractivity (Wildman–Crippen MR) is 158 cm³/mol. The fourth-order valence-corrected chi connectivity index (χ4v) is 10.6. The Morgan fingerprint density at radius 2 is 1.55 bits per heavy atom. The van der Waals surface area contributed by atoms with E-state index < -0.39 is 17.4 Å². The average molecular weight is 583 g/mol. The predicted octanol–water partition coefficient (Wildman–Crippen LogP) is 6.84. The molecule has 0 aromatic rings. The van der Waals surface area contributed by atoms with E-state index in [1.807, 2.05) is 13.0 Å². The first kappa shape index (κ1) is 31.0. The van der Waals surface area contributed by atoms with Crippen LogP contribution in [0, 0.1) is 44.3 Å². The van der Waals surface area contributed by atoms with Crippen molar-refractivity contribution in [3.8, 4) is 0 Å². The normalized spacial score (nSPS) is 43.8. The van der Waals surface area contributed by atoms with E-state index in [4.69, 9.17) is 14.6 Å². The van der Waals surface area contributed by atoms with Crippen molar-refractivity contribution in [2.75, 3.05) is 7.11 Å². The first-order chi connectivity index (χ1) is 19.4. The lowest BCUT2D eigenvalue weighted by molar-refractivity contribution is -0.207. The van der Waals surface area contributed by atoms with Crippen molar-refractivity contribution in [3.05, 3.63) is 23.3 Å². The molecule has 0 bridgehead atoms. The van der Waals surface area contributed by atoms with E-state index >= 15 is 0 Å². The molecule has 0 aromatic heterocycles. The zero-order valence-corrected chi connectivity index (χ0v) is 26.9. The number of hydrogen-bond acceptors (Lipinski definition) is 6. The summed E-state index contributed by atoms with van der Waals surface area (Å²) in [5.41, 5.74) is 0.490. The molecule has 5 aliphatic rings. The molecule has 3 fully saturated rings. The third kappa shape index (κ3) is 4.26. The number of carbonyl (C=O) groups excluding carboxylic acids is 3. The summed E-state index contributed by atoms with van der Waals surface area (Å²) in [5.74, 6) is -1.46. The first-order valence-electron chi connectivity index (χ1n) is 15.9. The molecule has 8 atom stereocenters. The highest BCUT2D eigenvalue weighted by atomic mass is 16.5. The maximum Gasteiger partial charge on any atom is 0.315 e. The molecule has 0 saturated heterocycles. The highest BCUT2D eigenvalue weighted by Crippen LogP contribution is 2.74. The number of fused-ring (bicyclic) bond motifs is 7. The zero-order valence-electron chi connectivity index (χ0n) is 26.9. The summed E-state index contributed by atoms with van der Waals surface area (Å²) in [6, 6.07) is 0. The van der Waals surface area contributed by atoms with Crippen molar-refractivity contribution in [1.82, 2.24) is 0 Å². The van der Waals surface area contributed by atoms with E-state index in [-0.39, 0.29) is 69.6 Å². The molecule has 0 heterocycles. The van der Waals surface area contributed by atoms with Gasteiger partial charge in [0.1, 0.15) is 6.10 Å². The van der Waals surface area contributed by atoms with Crippen molar-refractivity contribution in [2.45, 2.75) is 119 Å². The summed E-state index contributed by atoms with van der Waals surface area (Å²) in [6.45, 7) is 15.6. The standard InChI is InChI=1S/C35H50O7/c1-30(2)24-11-14-35(7)28(33(24,5)13-12-25(30)42-27(39)10-9-26(37)38)23(36)19-21-22-20-32(4,29(40)41-8)16-15-31(22,3)17-18-34(21,35)6/h19-20,24-25,28H,9-18H2,1-8H3,(H,37,38)/t24?,25?,28?,31-,32+,33+,34-,35-/m1/s1. The molecule has 42 heavy (non-hydrogen) atoms. The molecule has 0 radical (unpaired) electrons. The van der Waals surface area contributed by atoms with Gasteiger partial charge < -0.3 is 14.6 Å². The third-order valence-corrected chi connectivity index (χ3v) is 13.4. The molecule has 5 aliphatic carbocycles. The van der Waals surface area contributed by atoms with Crippen LogP contribution in [0.25, 0.3) is 0 Å². The molecular weight excluding hydrogens is 532 g/mol. The van der Waals surface area contributed by atoms with Gasteiger partial charge >= 0.3 is 17.9 Å². The molecule has 232 valence electrons. The fraction of sp³-hybridized carbons (Fsp3) is 0.771. The summed E-state index contributed by atoms with van der Waals surface area (Å²) in [4.78, 5) is 50.9. The van der Waals surface area contributed by atoms with Crippen LogP contribution in [0.2, 0.25) is 0 Å². The van der Waals surface area contributed by atoms with E-state index in [1.165, 1.54) is 12.7 Å². The number of carbonyl (C=O) groups is 4. The number of aliphatic carboxylic acids is 1. The van der Waals surface area contributed by atoms with E-state index in [9.17, 15) is 19.2 Å². The number of ketones is 1. The minimum Gasteiger partial charge on any atom is -0.481 e. The number of hydrogen-bond donors (Lipinski definition) is 1. The third-order valence-electron chi connectivity index (χ3n) is 13.4. The molecule has 7 heteroatoms. The lowest BCUT2D eigenvalue weighted by atomic mass is 9.34. The summed E-state index contributed by atoms with van der Waals surface area (Å²) < 4.78 is 11.1. The lowest BCUT2D eigenvalue weighted by Gasteiger charge is -2.69. The molecule has 0 aliphatic heterocycles. The number of esters is 2. The van der Waals surface area contributed by atoms with Gasteiger partial charge in [0.25, 0.3) is 0 Å². The second-order valence-electron chi connectivity index (χ2n) is 16.0. The quantitative estimate of drug-likeness (QED) is 0.354. The van der Waals surface area contributed by atoms with E-state index in [1.54, 1.807) is 0 Å². The minimum absolute atomic E-state index is 0.0615. The molecule has 3 unspecified atom stereocenters. The van der Waals surface area contributed by atoms with Gasteiger partial charge in [0, 0.05) is 11.3 Å². The summed E-state index contributed by atoms with van der Waals surface area (Å²) in [7, 11) is 1.45. The smallest absolute Gasteiger partial charge is 0.315 e. The molecule has 1 N–H and O–H groups in total. The minimum atomic E-state index is -1.01. The maximum atomic E-state index is 14.5. The van der Waals surface area contributed by atoms with Gasteiger partial charge in [-0.2, -0.15) is 0 Å². The fourth-order valence-electron chi connectivity index (χ4n) is 10.6. The molecule has 7 nitrogen and oxygen atoms in total. The van der Waals surface area contributed by atoms with Gasteiger partial charge in [-0.05, 0) is 103 Å². The van der Waals surface area contributed by atoms with Crippen molar-refractivity contribution in [3.63, 3.8) is 0 Å². The summed E-state index contributed by atoms with van der Waals surface area (Å²) in [5, 5.41) is 8.99.